The largest absolute Gasteiger partial charge is 0.269 e. The first kappa shape index (κ1) is 11.3. The van der Waals surface area contributed by atoms with Crippen LogP contribution in [-0.2, 0) is 0 Å². The number of halogens is 1. The predicted molar refractivity (Wildman–Crippen MR) is 64.4 cm³/mol. The number of benzene rings is 1. The summed E-state index contributed by atoms with van der Waals surface area (Å²) in [6.45, 7) is 5.55. The van der Waals surface area contributed by atoms with E-state index < -0.39 is 5.54 Å². The number of carbonyl (C=O) groups is 2. The summed E-state index contributed by atoms with van der Waals surface area (Å²) < 4.78 is 0.808. The van der Waals surface area contributed by atoms with E-state index in [1.165, 1.54) is 4.90 Å². The first-order valence-corrected chi connectivity index (χ1v) is 5.80. The second kappa shape index (κ2) is 3.42. The fraction of sp³-hybridized carbons (Fsp3) is 0.333. The molecule has 0 saturated heterocycles. The summed E-state index contributed by atoms with van der Waals surface area (Å²) in [5.74, 6) is -0.422. The molecule has 16 heavy (non-hydrogen) atoms. The Kier molecular flexibility index (Phi) is 2.42. The Morgan fingerprint density at radius 2 is 1.62 bits per heavy atom. The summed E-state index contributed by atoms with van der Waals surface area (Å²) in [4.78, 5) is 25.5. The first-order chi connectivity index (χ1) is 7.32. The Balaban J connectivity index is 2.57. The second-order valence-electron chi connectivity index (χ2n) is 4.81. The molecule has 2 amide bonds. The van der Waals surface area contributed by atoms with Crippen LogP contribution < -0.4 is 0 Å². The van der Waals surface area contributed by atoms with Gasteiger partial charge in [-0.2, -0.15) is 0 Å². The van der Waals surface area contributed by atoms with E-state index in [4.69, 9.17) is 0 Å². The van der Waals surface area contributed by atoms with Crippen molar-refractivity contribution in [1.82, 2.24) is 4.90 Å². The van der Waals surface area contributed by atoms with E-state index >= 15 is 0 Å². The second-order valence-corrected chi connectivity index (χ2v) is 5.72. The Hall–Kier alpha value is -1.16. The van der Waals surface area contributed by atoms with Crippen LogP contribution in [0.5, 0.6) is 0 Å². The SMILES string of the molecule is CC(C)(C)N1C(=O)c2ccc(Br)cc2C1=O. The fourth-order valence-corrected chi connectivity index (χ4v) is 2.18. The van der Waals surface area contributed by atoms with Crippen LogP contribution >= 0.6 is 15.9 Å². The van der Waals surface area contributed by atoms with Gasteiger partial charge in [0.2, 0.25) is 0 Å². The lowest BCUT2D eigenvalue weighted by atomic mass is 10.1. The third-order valence-corrected chi connectivity index (χ3v) is 3.01. The highest BCUT2D eigenvalue weighted by atomic mass is 79.9. The van der Waals surface area contributed by atoms with Gasteiger partial charge in [-0.25, -0.2) is 0 Å². The van der Waals surface area contributed by atoms with Gasteiger partial charge in [-0.05, 0) is 39.0 Å². The average Bonchev–Trinajstić information content (AvgIpc) is 2.38. The van der Waals surface area contributed by atoms with Crippen molar-refractivity contribution in [1.29, 1.82) is 0 Å². The minimum atomic E-state index is -0.486. The molecule has 0 unspecified atom stereocenters. The number of fused-ring (bicyclic) bond motifs is 1. The van der Waals surface area contributed by atoms with Crippen molar-refractivity contribution in [2.24, 2.45) is 0 Å². The molecule has 0 atom stereocenters. The maximum atomic E-state index is 12.1. The highest BCUT2D eigenvalue weighted by Gasteiger charge is 2.41. The van der Waals surface area contributed by atoms with Gasteiger partial charge in [-0.1, -0.05) is 15.9 Å². The Labute approximate surface area is 103 Å². The molecular weight excluding hydrogens is 270 g/mol. The molecule has 3 nitrogen and oxygen atoms in total. The molecule has 0 bridgehead atoms. The van der Waals surface area contributed by atoms with Gasteiger partial charge in [0.05, 0.1) is 11.1 Å². The average molecular weight is 282 g/mol. The Morgan fingerprint density at radius 3 is 2.19 bits per heavy atom. The molecule has 0 aliphatic carbocycles. The molecule has 84 valence electrons. The quantitative estimate of drug-likeness (QED) is 0.686. The first-order valence-electron chi connectivity index (χ1n) is 5.01. The number of hydrogen-bond donors (Lipinski definition) is 0. The van der Waals surface area contributed by atoms with E-state index in [-0.39, 0.29) is 11.8 Å². The monoisotopic (exact) mass is 281 g/mol. The standard InChI is InChI=1S/C12H12BrNO2/c1-12(2,3)14-10(15)8-5-4-7(13)6-9(8)11(14)16/h4-6H,1-3H3. The van der Waals surface area contributed by atoms with Crippen molar-refractivity contribution in [3.8, 4) is 0 Å². The zero-order valence-corrected chi connectivity index (χ0v) is 11.0. The molecule has 4 heteroatoms. The zero-order chi connectivity index (χ0) is 12.1. The molecular formula is C12H12BrNO2. The van der Waals surface area contributed by atoms with Gasteiger partial charge in [-0.15, -0.1) is 0 Å². The molecule has 0 saturated carbocycles. The van der Waals surface area contributed by atoms with Crippen molar-refractivity contribution in [2.75, 3.05) is 0 Å². The molecule has 0 radical (unpaired) electrons. The highest BCUT2D eigenvalue weighted by Crippen LogP contribution is 2.30. The third-order valence-electron chi connectivity index (χ3n) is 2.52. The number of hydrogen-bond acceptors (Lipinski definition) is 2. The van der Waals surface area contributed by atoms with Crippen molar-refractivity contribution in [3.63, 3.8) is 0 Å². The molecule has 0 fully saturated rings. The van der Waals surface area contributed by atoms with Crippen molar-refractivity contribution >= 4 is 27.7 Å². The Morgan fingerprint density at radius 1 is 1.06 bits per heavy atom. The van der Waals surface area contributed by atoms with Crippen molar-refractivity contribution in [3.05, 3.63) is 33.8 Å². The van der Waals surface area contributed by atoms with Crippen LogP contribution in [0.3, 0.4) is 0 Å². The number of carbonyl (C=O) groups excluding carboxylic acids is 2. The lowest BCUT2D eigenvalue weighted by Crippen LogP contribution is -2.45. The van der Waals surface area contributed by atoms with E-state index in [1.54, 1.807) is 18.2 Å². The van der Waals surface area contributed by atoms with Gasteiger partial charge in [0.1, 0.15) is 0 Å². The molecule has 2 rings (SSSR count). The summed E-state index contributed by atoms with van der Waals surface area (Å²) in [5, 5.41) is 0. The van der Waals surface area contributed by atoms with E-state index in [0.29, 0.717) is 11.1 Å². The molecule has 0 spiro atoms. The van der Waals surface area contributed by atoms with Gasteiger partial charge in [0.15, 0.2) is 0 Å². The molecule has 1 aromatic carbocycles. The number of nitrogens with zero attached hydrogens (tertiary/aromatic N) is 1. The molecule has 1 aliphatic rings. The lowest BCUT2D eigenvalue weighted by Gasteiger charge is -2.29. The number of rotatable bonds is 0. The topological polar surface area (TPSA) is 37.4 Å². The van der Waals surface area contributed by atoms with E-state index in [9.17, 15) is 9.59 Å². The molecule has 1 aromatic rings. The van der Waals surface area contributed by atoms with E-state index in [2.05, 4.69) is 15.9 Å². The van der Waals surface area contributed by atoms with Crippen molar-refractivity contribution < 1.29 is 9.59 Å². The van der Waals surface area contributed by atoms with Gasteiger partial charge < -0.3 is 0 Å². The van der Waals surface area contributed by atoms with E-state index in [0.717, 1.165) is 4.47 Å². The van der Waals surface area contributed by atoms with E-state index in [1.807, 2.05) is 20.8 Å². The van der Waals surface area contributed by atoms with Crippen LogP contribution in [-0.4, -0.2) is 22.3 Å². The number of amides is 2. The normalized spacial score (nSPS) is 15.6. The van der Waals surface area contributed by atoms with Gasteiger partial charge in [-0.3, -0.25) is 14.5 Å². The smallest absolute Gasteiger partial charge is 0.262 e. The highest BCUT2D eigenvalue weighted by molar-refractivity contribution is 9.10. The lowest BCUT2D eigenvalue weighted by molar-refractivity contribution is 0.0508. The van der Waals surface area contributed by atoms with Crippen LogP contribution in [0.4, 0.5) is 0 Å². The molecule has 1 heterocycles. The summed E-state index contributed by atoms with van der Waals surface area (Å²) in [6, 6.07) is 5.16. The van der Waals surface area contributed by atoms with Crippen LogP contribution in [0.2, 0.25) is 0 Å². The molecule has 1 aliphatic heterocycles. The maximum absolute atomic E-state index is 12.1. The third kappa shape index (κ3) is 1.57. The summed E-state index contributed by atoms with van der Waals surface area (Å²) in [6.07, 6.45) is 0. The van der Waals surface area contributed by atoms with Gasteiger partial charge >= 0.3 is 0 Å². The van der Waals surface area contributed by atoms with Crippen molar-refractivity contribution in [2.45, 2.75) is 26.3 Å². The minimum Gasteiger partial charge on any atom is -0.269 e. The van der Waals surface area contributed by atoms with Gasteiger partial charge in [0.25, 0.3) is 11.8 Å². The predicted octanol–water partition coefficient (Wildman–Crippen LogP) is 2.84. The fourth-order valence-electron chi connectivity index (χ4n) is 1.82. The van der Waals surface area contributed by atoms with Gasteiger partial charge in [0, 0.05) is 10.0 Å². The maximum Gasteiger partial charge on any atom is 0.262 e. The van der Waals surface area contributed by atoms with Crippen LogP contribution in [0.25, 0.3) is 0 Å². The summed E-state index contributed by atoms with van der Waals surface area (Å²) in [5.41, 5.74) is 0.483. The summed E-state index contributed by atoms with van der Waals surface area (Å²) >= 11 is 3.30. The Bertz CT molecular complexity index is 488. The van der Waals surface area contributed by atoms with Crippen LogP contribution in [0.1, 0.15) is 41.5 Å². The molecule has 0 N–H and O–H groups in total. The summed E-state index contributed by atoms with van der Waals surface area (Å²) in [7, 11) is 0. The zero-order valence-electron chi connectivity index (χ0n) is 9.37. The van der Waals surface area contributed by atoms with Crippen LogP contribution in [0, 0.1) is 0 Å². The minimum absolute atomic E-state index is 0.208. The number of imide groups is 1. The molecule has 0 aromatic heterocycles. The van der Waals surface area contributed by atoms with Crippen LogP contribution in [0.15, 0.2) is 22.7 Å².